The number of halogens is 1. The Kier molecular flexibility index (Phi) is 6.41. The predicted octanol–water partition coefficient (Wildman–Crippen LogP) is 6.93. The van der Waals surface area contributed by atoms with E-state index in [4.69, 9.17) is 4.74 Å². The van der Waals surface area contributed by atoms with Crippen molar-refractivity contribution in [2.45, 2.75) is 41.9 Å². The second kappa shape index (κ2) is 9.73. The molecule has 1 heterocycles. The van der Waals surface area contributed by atoms with Crippen LogP contribution in [0.3, 0.4) is 0 Å². The lowest BCUT2D eigenvalue weighted by Crippen LogP contribution is -2.52. The van der Waals surface area contributed by atoms with Gasteiger partial charge < -0.3 is 4.74 Å². The number of ether oxygens (including phenoxy) is 1. The highest BCUT2D eigenvalue weighted by Gasteiger charge is 2.56. The lowest BCUT2D eigenvalue weighted by atomic mass is 9.78. The van der Waals surface area contributed by atoms with E-state index >= 15 is 0 Å². The van der Waals surface area contributed by atoms with Crippen molar-refractivity contribution < 1.29 is 9.53 Å². The van der Waals surface area contributed by atoms with Gasteiger partial charge in [0.05, 0.1) is 15.5 Å². The zero-order valence-electron chi connectivity index (χ0n) is 21.1. The molecule has 0 unspecified atom stereocenters. The van der Waals surface area contributed by atoms with Crippen molar-refractivity contribution in [2.75, 3.05) is 6.54 Å². The number of nitrogens with zero attached hydrogens (tertiary/aromatic N) is 1. The molecule has 4 aromatic carbocycles. The van der Waals surface area contributed by atoms with E-state index in [1.165, 1.54) is 45.9 Å². The molecule has 1 saturated heterocycles. The van der Waals surface area contributed by atoms with Crippen LogP contribution in [0.2, 0.25) is 0 Å². The maximum atomic E-state index is 12.3. The Balaban J connectivity index is 1.60. The smallest absolute Gasteiger partial charge is 0.302 e. The molecule has 0 saturated carbocycles. The summed E-state index contributed by atoms with van der Waals surface area (Å²) >= 11 is 2.50. The number of aryl methyl sites for hydroxylation is 1. The van der Waals surface area contributed by atoms with Crippen molar-refractivity contribution in [3.8, 4) is 11.1 Å². The summed E-state index contributed by atoms with van der Waals surface area (Å²) in [5.41, 5.74) is 8.40. The first-order valence-corrected chi connectivity index (χ1v) is 14.1. The summed E-state index contributed by atoms with van der Waals surface area (Å²) in [5.74, 6) is -0.219. The van der Waals surface area contributed by atoms with Crippen molar-refractivity contribution in [3.05, 3.63) is 131 Å². The van der Waals surface area contributed by atoms with Crippen LogP contribution in [0.15, 0.2) is 103 Å². The quantitative estimate of drug-likeness (QED) is 0.142. The van der Waals surface area contributed by atoms with Gasteiger partial charge in [-0.3, -0.25) is 9.69 Å². The van der Waals surface area contributed by atoms with Crippen LogP contribution >= 0.6 is 22.6 Å². The number of rotatable bonds is 5. The summed E-state index contributed by atoms with van der Waals surface area (Å²) < 4.78 is 6.25. The number of alkyl halides is 1. The molecule has 3 nitrogen and oxygen atoms in total. The van der Waals surface area contributed by atoms with Gasteiger partial charge in [-0.2, -0.15) is 0 Å². The fraction of sp³-hybridized carbons (Fsp3) is 0.242. The molecule has 0 spiro atoms. The lowest BCUT2D eigenvalue weighted by Gasteiger charge is -2.45. The van der Waals surface area contributed by atoms with E-state index in [1.807, 2.05) is 0 Å². The lowest BCUT2D eigenvalue weighted by molar-refractivity contribution is -0.147. The molecule has 0 aromatic heterocycles. The van der Waals surface area contributed by atoms with Gasteiger partial charge in [0.25, 0.3) is 0 Å². The summed E-state index contributed by atoms with van der Waals surface area (Å²) in [5, 5.41) is 0. The van der Waals surface area contributed by atoms with Gasteiger partial charge in [0.1, 0.15) is 6.10 Å². The van der Waals surface area contributed by atoms with Crippen LogP contribution < -0.4 is 0 Å². The van der Waals surface area contributed by atoms with Crippen LogP contribution in [-0.4, -0.2) is 33.5 Å². The molecule has 3 atom stereocenters. The molecule has 0 radical (unpaired) electrons. The largest absolute Gasteiger partial charge is 0.460 e. The van der Waals surface area contributed by atoms with E-state index in [-0.39, 0.29) is 22.0 Å². The first kappa shape index (κ1) is 24.4. The summed E-state index contributed by atoms with van der Waals surface area (Å²) in [6, 6.07) is 37.3. The number of carbonyl (C=O) groups is 1. The topological polar surface area (TPSA) is 29.5 Å². The van der Waals surface area contributed by atoms with Gasteiger partial charge in [-0.1, -0.05) is 131 Å². The van der Waals surface area contributed by atoms with Gasteiger partial charge in [-0.05, 0) is 46.7 Å². The van der Waals surface area contributed by atoms with Gasteiger partial charge in [0.2, 0.25) is 0 Å². The summed E-state index contributed by atoms with van der Waals surface area (Å²) in [6.45, 7) is 4.46. The van der Waals surface area contributed by atoms with Crippen LogP contribution in [-0.2, 0) is 21.5 Å². The molecular formula is C33H30INO2. The maximum Gasteiger partial charge on any atom is 0.302 e. The summed E-state index contributed by atoms with van der Waals surface area (Å²) in [7, 11) is 0. The van der Waals surface area contributed by atoms with E-state index in [0.717, 1.165) is 13.0 Å². The fourth-order valence-corrected chi connectivity index (χ4v) is 7.50. The number of likely N-dealkylation sites (tertiary alicyclic amines) is 1. The average molecular weight is 600 g/mol. The molecular weight excluding hydrogens is 569 g/mol. The number of hydrogen-bond donors (Lipinski definition) is 0. The Morgan fingerprint density at radius 2 is 1.43 bits per heavy atom. The Labute approximate surface area is 232 Å². The molecule has 2 aliphatic rings. The van der Waals surface area contributed by atoms with Gasteiger partial charge in [0.15, 0.2) is 0 Å². The Morgan fingerprint density at radius 3 is 2.03 bits per heavy atom. The van der Waals surface area contributed by atoms with E-state index < -0.39 is 5.54 Å². The van der Waals surface area contributed by atoms with Crippen LogP contribution in [0, 0.1) is 6.92 Å². The third-order valence-corrected chi connectivity index (χ3v) is 9.02. The summed E-state index contributed by atoms with van der Waals surface area (Å²) in [6.07, 6.45) is 0.594. The van der Waals surface area contributed by atoms with Crippen LogP contribution in [0.5, 0.6) is 0 Å². The summed E-state index contributed by atoms with van der Waals surface area (Å²) in [4.78, 5) is 15.0. The van der Waals surface area contributed by atoms with E-state index in [9.17, 15) is 4.79 Å². The number of carbonyl (C=O) groups excluding carboxylic acids is 1. The Hall–Kier alpha value is -2.96. The zero-order chi connectivity index (χ0) is 25.6. The third-order valence-electron chi connectivity index (χ3n) is 7.92. The Bertz CT molecular complexity index is 1390. The zero-order valence-corrected chi connectivity index (χ0v) is 23.3. The van der Waals surface area contributed by atoms with Gasteiger partial charge in [0, 0.05) is 13.5 Å². The molecule has 0 bridgehead atoms. The third kappa shape index (κ3) is 4.02. The predicted molar refractivity (Wildman–Crippen MR) is 157 cm³/mol. The van der Waals surface area contributed by atoms with Crippen LogP contribution in [0.25, 0.3) is 11.1 Å². The first-order chi connectivity index (χ1) is 18.0. The number of benzene rings is 4. The molecule has 1 aliphatic heterocycles. The number of fused-ring (bicyclic) bond motifs is 3. The monoisotopic (exact) mass is 599 g/mol. The van der Waals surface area contributed by atoms with Crippen molar-refractivity contribution in [2.24, 2.45) is 0 Å². The Morgan fingerprint density at radius 1 is 0.865 bits per heavy atom. The number of esters is 1. The second-order valence-electron chi connectivity index (χ2n) is 10.2. The van der Waals surface area contributed by atoms with Crippen molar-refractivity contribution in [3.63, 3.8) is 0 Å². The highest BCUT2D eigenvalue weighted by Crippen LogP contribution is 2.56. The molecule has 4 heteroatoms. The second-order valence-corrected chi connectivity index (χ2v) is 11.8. The number of hydrogen-bond acceptors (Lipinski definition) is 3. The molecule has 1 fully saturated rings. The molecule has 0 N–H and O–H groups in total. The van der Waals surface area contributed by atoms with Crippen LogP contribution in [0.4, 0.5) is 0 Å². The molecule has 1 aliphatic carbocycles. The van der Waals surface area contributed by atoms with Gasteiger partial charge >= 0.3 is 5.97 Å². The van der Waals surface area contributed by atoms with E-state index in [1.54, 1.807) is 0 Å². The molecule has 6 rings (SSSR count). The first-order valence-electron chi connectivity index (χ1n) is 12.9. The van der Waals surface area contributed by atoms with Crippen molar-refractivity contribution in [1.29, 1.82) is 0 Å². The highest BCUT2D eigenvalue weighted by atomic mass is 127. The van der Waals surface area contributed by atoms with Gasteiger partial charge in [-0.15, -0.1) is 0 Å². The normalized spacial score (nSPS) is 21.9. The molecule has 4 aromatic rings. The SMILES string of the molecule is CC(=O)O[C@H]1[C@@H](I)CN(C2(c3ccccc3)c3ccccc3-c3ccccc32)[C@H]1Cc1ccc(C)cc1. The standard InChI is InChI=1S/C33H30INO2/c1-22-16-18-24(19-17-22)20-31-32(37-23(2)36)30(34)21-35(31)33(25-10-4-3-5-11-25)28-14-8-6-12-26(28)27-13-7-9-15-29(27)33/h3-19,30-32H,20-21H2,1-2H3/t30-,31-,32-/m0/s1. The average Bonchev–Trinajstić information content (AvgIpc) is 3.38. The van der Waals surface area contributed by atoms with Gasteiger partial charge in [-0.25, -0.2) is 0 Å². The van der Waals surface area contributed by atoms with E-state index in [0.29, 0.717) is 0 Å². The van der Waals surface area contributed by atoms with Crippen molar-refractivity contribution in [1.82, 2.24) is 4.90 Å². The highest BCUT2D eigenvalue weighted by molar-refractivity contribution is 14.1. The minimum absolute atomic E-state index is 0.00734. The molecule has 37 heavy (non-hydrogen) atoms. The minimum Gasteiger partial charge on any atom is -0.460 e. The molecule has 0 amide bonds. The van der Waals surface area contributed by atoms with E-state index in [2.05, 4.69) is 138 Å². The van der Waals surface area contributed by atoms with Crippen molar-refractivity contribution >= 4 is 28.6 Å². The molecule has 186 valence electrons. The minimum atomic E-state index is -0.484. The maximum absolute atomic E-state index is 12.3. The van der Waals surface area contributed by atoms with Crippen LogP contribution in [0.1, 0.15) is 34.7 Å². The fourth-order valence-electron chi connectivity index (χ4n) is 6.44.